The lowest BCUT2D eigenvalue weighted by molar-refractivity contribution is 0.0924. The number of aromatic nitrogens is 2. The molecule has 7 nitrogen and oxygen atoms in total. The molecule has 0 saturated carbocycles. The molecule has 0 spiro atoms. The first-order valence-electron chi connectivity index (χ1n) is 9.28. The fraction of sp³-hybridized carbons (Fsp3) is 0.182. The molecule has 148 valence electrons. The Morgan fingerprint density at radius 1 is 1.17 bits per heavy atom. The molecule has 0 unspecified atom stereocenters. The molecule has 0 aliphatic rings. The van der Waals surface area contributed by atoms with Gasteiger partial charge < -0.3 is 24.9 Å². The van der Waals surface area contributed by atoms with Gasteiger partial charge >= 0.3 is 0 Å². The van der Waals surface area contributed by atoms with Crippen LogP contribution in [0.25, 0.3) is 22.2 Å². The number of carbonyl (C=O) groups is 1. The molecule has 0 aliphatic carbocycles. The zero-order valence-corrected chi connectivity index (χ0v) is 16.1. The van der Waals surface area contributed by atoms with Gasteiger partial charge in [0.1, 0.15) is 17.2 Å². The first-order chi connectivity index (χ1) is 13.9. The molecule has 4 aromatic rings. The molecule has 0 fully saturated rings. The molecular weight excluding hydrogens is 370 g/mol. The second-order valence-electron chi connectivity index (χ2n) is 7.19. The third-order valence-corrected chi connectivity index (χ3v) is 4.87. The number of hydrogen-bond acceptors (Lipinski definition) is 5. The number of aromatic amines is 1. The van der Waals surface area contributed by atoms with E-state index in [4.69, 9.17) is 4.42 Å². The summed E-state index contributed by atoms with van der Waals surface area (Å²) in [6, 6.07) is 10.7. The SMILES string of the molecule is CC(C)c1cc(-c2ncoc2C(=O)NCc2ccc3[nH]ccc3c2)c(O)cc1O. The Labute approximate surface area is 167 Å². The van der Waals surface area contributed by atoms with Crippen LogP contribution in [0.2, 0.25) is 0 Å². The molecule has 0 saturated heterocycles. The highest BCUT2D eigenvalue weighted by Gasteiger charge is 2.22. The molecule has 1 amide bonds. The highest BCUT2D eigenvalue weighted by molar-refractivity contribution is 5.98. The van der Waals surface area contributed by atoms with Gasteiger partial charge in [0.05, 0.1) is 0 Å². The quantitative estimate of drug-likeness (QED) is 0.406. The number of carbonyl (C=O) groups excluding carboxylic acids is 1. The van der Waals surface area contributed by atoms with Crippen LogP contribution in [0, 0.1) is 0 Å². The Morgan fingerprint density at radius 2 is 2.00 bits per heavy atom. The van der Waals surface area contributed by atoms with Gasteiger partial charge in [-0.1, -0.05) is 19.9 Å². The Hall–Kier alpha value is -3.74. The van der Waals surface area contributed by atoms with E-state index in [9.17, 15) is 15.0 Å². The molecule has 29 heavy (non-hydrogen) atoms. The zero-order valence-electron chi connectivity index (χ0n) is 16.1. The number of fused-ring (bicyclic) bond motifs is 1. The van der Waals surface area contributed by atoms with Crippen molar-refractivity contribution < 1.29 is 19.4 Å². The van der Waals surface area contributed by atoms with Gasteiger partial charge in [0.25, 0.3) is 5.91 Å². The molecule has 2 heterocycles. The molecule has 0 radical (unpaired) electrons. The van der Waals surface area contributed by atoms with Crippen molar-refractivity contribution >= 4 is 16.8 Å². The monoisotopic (exact) mass is 391 g/mol. The van der Waals surface area contributed by atoms with Crippen molar-refractivity contribution in [2.45, 2.75) is 26.3 Å². The summed E-state index contributed by atoms with van der Waals surface area (Å²) in [6.07, 6.45) is 3.03. The molecule has 7 heteroatoms. The maximum atomic E-state index is 12.7. The third kappa shape index (κ3) is 3.54. The number of hydrogen-bond donors (Lipinski definition) is 4. The lowest BCUT2D eigenvalue weighted by Gasteiger charge is -2.12. The number of nitrogens with zero attached hydrogens (tertiary/aromatic N) is 1. The number of nitrogens with one attached hydrogen (secondary N) is 2. The van der Waals surface area contributed by atoms with E-state index in [0.717, 1.165) is 22.9 Å². The Morgan fingerprint density at radius 3 is 2.79 bits per heavy atom. The summed E-state index contributed by atoms with van der Waals surface area (Å²) < 4.78 is 5.31. The van der Waals surface area contributed by atoms with Gasteiger partial charge in [0.2, 0.25) is 5.76 Å². The lowest BCUT2D eigenvalue weighted by Crippen LogP contribution is -2.23. The molecule has 0 aliphatic heterocycles. The van der Waals surface area contributed by atoms with Crippen LogP contribution < -0.4 is 5.32 Å². The van der Waals surface area contributed by atoms with Crippen molar-refractivity contribution in [3.8, 4) is 22.8 Å². The van der Waals surface area contributed by atoms with Gasteiger partial charge in [-0.05, 0) is 46.7 Å². The van der Waals surface area contributed by atoms with Gasteiger partial charge in [0, 0.05) is 29.9 Å². The molecule has 2 aromatic heterocycles. The second kappa shape index (κ2) is 7.35. The number of oxazole rings is 1. The highest BCUT2D eigenvalue weighted by Crippen LogP contribution is 2.38. The molecule has 4 N–H and O–H groups in total. The first-order valence-corrected chi connectivity index (χ1v) is 9.28. The normalized spacial score (nSPS) is 11.3. The van der Waals surface area contributed by atoms with Gasteiger partial charge in [-0.25, -0.2) is 4.98 Å². The maximum Gasteiger partial charge on any atom is 0.289 e. The largest absolute Gasteiger partial charge is 0.508 e. The van der Waals surface area contributed by atoms with Crippen LogP contribution in [0.5, 0.6) is 11.5 Å². The minimum absolute atomic E-state index is 0.00317. The fourth-order valence-corrected chi connectivity index (χ4v) is 3.32. The summed E-state index contributed by atoms with van der Waals surface area (Å²) in [5.41, 5.74) is 3.18. The van der Waals surface area contributed by atoms with E-state index in [0.29, 0.717) is 17.7 Å². The van der Waals surface area contributed by atoms with Crippen LogP contribution in [0.4, 0.5) is 0 Å². The first kappa shape index (κ1) is 18.6. The molecule has 2 aromatic carbocycles. The van der Waals surface area contributed by atoms with E-state index in [-0.39, 0.29) is 28.9 Å². The van der Waals surface area contributed by atoms with Gasteiger partial charge in [-0.2, -0.15) is 0 Å². The highest BCUT2D eigenvalue weighted by atomic mass is 16.3. The number of amides is 1. The predicted octanol–water partition coefficient (Wildman–Crippen LogP) is 4.29. The van der Waals surface area contributed by atoms with Crippen molar-refractivity contribution in [3.05, 3.63) is 65.9 Å². The Bertz CT molecular complexity index is 1190. The van der Waals surface area contributed by atoms with Crippen molar-refractivity contribution in [3.63, 3.8) is 0 Å². The summed E-state index contributed by atoms with van der Waals surface area (Å²) in [5.74, 6) is -0.584. The molecule has 4 rings (SSSR count). The Balaban J connectivity index is 1.58. The number of phenols is 2. The number of rotatable bonds is 5. The van der Waals surface area contributed by atoms with Crippen LogP contribution in [-0.2, 0) is 6.54 Å². The number of phenolic OH excluding ortho intramolecular Hbond substituents is 2. The summed E-state index contributed by atoms with van der Waals surface area (Å²) in [6.45, 7) is 4.17. The summed E-state index contributed by atoms with van der Waals surface area (Å²) in [5, 5.41) is 24.2. The average molecular weight is 391 g/mol. The number of benzene rings is 2. The van der Waals surface area contributed by atoms with E-state index in [1.807, 2.05) is 44.3 Å². The van der Waals surface area contributed by atoms with Crippen LogP contribution in [-0.4, -0.2) is 26.1 Å². The summed E-state index contributed by atoms with van der Waals surface area (Å²) in [4.78, 5) is 19.9. The van der Waals surface area contributed by atoms with E-state index in [1.54, 1.807) is 6.07 Å². The number of H-pyrrole nitrogens is 1. The fourth-order valence-electron chi connectivity index (χ4n) is 3.32. The van der Waals surface area contributed by atoms with Crippen molar-refractivity contribution in [1.29, 1.82) is 0 Å². The van der Waals surface area contributed by atoms with E-state index < -0.39 is 5.91 Å². The third-order valence-electron chi connectivity index (χ3n) is 4.87. The summed E-state index contributed by atoms with van der Waals surface area (Å²) in [7, 11) is 0. The lowest BCUT2D eigenvalue weighted by atomic mass is 9.97. The smallest absolute Gasteiger partial charge is 0.289 e. The molecule has 0 bridgehead atoms. The van der Waals surface area contributed by atoms with E-state index in [2.05, 4.69) is 15.3 Å². The van der Waals surface area contributed by atoms with Crippen LogP contribution >= 0.6 is 0 Å². The van der Waals surface area contributed by atoms with Crippen molar-refractivity contribution in [1.82, 2.24) is 15.3 Å². The second-order valence-corrected chi connectivity index (χ2v) is 7.19. The average Bonchev–Trinajstić information content (AvgIpc) is 3.34. The topological polar surface area (TPSA) is 111 Å². The van der Waals surface area contributed by atoms with Crippen molar-refractivity contribution in [2.24, 2.45) is 0 Å². The van der Waals surface area contributed by atoms with E-state index >= 15 is 0 Å². The maximum absolute atomic E-state index is 12.7. The van der Waals surface area contributed by atoms with Crippen molar-refractivity contribution in [2.75, 3.05) is 0 Å². The standard InChI is InChI=1S/C22H21N3O4/c1-12(2)15-8-16(19(27)9-18(15)26)20-21(29-11-25-20)22(28)24-10-13-3-4-17-14(7-13)5-6-23-17/h3-9,11-12,23,26-27H,10H2,1-2H3,(H,24,28). The van der Waals surface area contributed by atoms with Crippen LogP contribution in [0.1, 0.15) is 41.4 Å². The minimum Gasteiger partial charge on any atom is -0.508 e. The van der Waals surface area contributed by atoms with Crippen LogP contribution in [0.3, 0.4) is 0 Å². The van der Waals surface area contributed by atoms with Gasteiger partial charge in [0.15, 0.2) is 6.39 Å². The molecular formula is C22H21N3O4. The molecule has 0 atom stereocenters. The zero-order chi connectivity index (χ0) is 20.5. The van der Waals surface area contributed by atoms with Crippen LogP contribution in [0.15, 0.2) is 53.4 Å². The summed E-state index contributed by atoms with van der Waals surface area (Å²) >= 11 is 0. The van der Waals surface area contributed by atoms with Gasteiger partial charge in [-0.15, -0.1) is 0 Å². The number of aromatic hydroxyl groups is 2. The Kier molecular flexibility index (Phi) is 4.72. The predicted molar refractivity (Wildman–Crippen MR) is 109 cm³/mol. The van der Waals surface area contributed by atoms with Gasteiger partial charge in [-0.3, -0.25) is 4.79 Å². The van der Waals surface area contributed by atoms with E-state index in [1.165, 1.54) is 6.07 Å². The minimum atomic E-state index is -0.440.